The van der Waals surface area contributed by atoms with Crippen molar-refractivity contribution in [1.82, 2.24) is 4.98 Å². The predicted molar refractivity (Wildman–Crippen MR) is 78.4 cm³/mol. The van der Waals surface area contributed by atoms with Crippen LogP contribution in [0.15, 0.2) is 16.7 Å². The molecule has 1 aromatic rings. The van der Waals surface area contributed by atoms with Crippen LogP contribution in [0.1, 0.15) is 32.1 Å². The highest BCUT2D eigenvalue weighted by atomic mass is 79.9. The molecule has 1 unspecified atom stereocenters. The van der Waals surface area contributed by atoms with E-state index in [1.165, 1.54) is 6.42 Å². The molecule has 2 rings (SSSR count). The van der Waals surface area contributed by atoms with Gasteiger partial charge in [0, 0.05) is 13.0 Å². The molecule has 0 aliphatic carbocycles. The van der Waals surface area contributed by atoms with E-state index in [1.807, 2.05) is 0 Å². The summed E-state index contributed by atoms with van der Waals surface area (Å²) in [5, 5.41) is 3.19. The minimum Gasteiger partial charge on any atom is -0.378 e. The van der Waals surface area contributed by atoms with E-state index in [9.17, 15) is 4.79 Å². The average molecular weight is 348 g/mol. The minimum absolute atomic E-state index is 0.0230. The van der Waals surface area contributed by atoms with Crippen LogP contribution in [-0.2, 0) is 9.53 Å². The number of halogens is 2. The monoisotopic (exact) mass is 346 g/mol. The third-order valence-electron chi connectivity index (χ3n) is 3.05. The summed E-state index contributed by atoms with van der Waals surface area (Å²) in [7, 11) is 0. The van der Waals surface area contributed by atoms with Gasteiger partial charge in [-0.25, -0.2) is 4.98 Å². The molecule has 0 spiro atoms. The molecule has 104 valence electrons. The first kappa shape index (κ1) is 14.8. The molecule has 1 aliphatic rings. The predicted octanol–water partition coefficient (Wildman–Crippen LogP) is 3.79. The largest absolute Gasteiger partial charge is 0.378 e. The second kappa shape index (κ2) is 7.22. The Labute approximate surface area is 126 Å². The lowest BCUT2D eigenvalue weighted by Crippen LogP contribution is -2.21. The van der Waals surface area contributed by atoms with Crippen molar-refractivity contribution in [2.24, 2.45) is 0 Å². The highest BCUT2D eigenvalue weighted by Gasteiger charge is 2.15. The van der Waals surface area contributed by atoms with Crippen LogP contribution in [0.2, 0.25) is 5.15 Å². The highest BCUT2D eigenvalue weighted by molar-refractivity contribution is 9.10. The first-order valence-corrected chi connectivity index (χ1v) is 7.55. The summed E-state index contributed by atoms with van der Waals surface area (Å²) in [5.74, 6) is -0.0230. The Morgan fingerprint density at radius 3 is 3.11 bits per heavy atom. The Morgan fingerprint density at radius 1 is 1.58 bits per heavy atom. The maximum atomic E-state index is 11.8. The van der Waals surface area contributed by atoms with Crippen molar-refractivity contribution in [3.8, 4) is 0 Å². The molecule has 1 amide bonds. The zero-order chi connectivity index (χ0) is 13.7. The normalized spacial score (nSPS) is 19.2. The zero-order valence-corrected chi connectivity index (χ0v) is 12.8. The molecule has 0 radical (unpaired) electrons. The van der Waals surface area contributed by atoms with Crippen molar-refractivity contribution in [1.29, 1.82) is 0 Å². The highest BCUT2D eigenvalue weighted by Crippen LogP contribution is 2.23. The van der Waals surface area contributed by atoms with E-state index in [0.29, 0.717) is 21.7 Å². The summed E-state index contributed by atoms with van der Waals surface area (Å²) < 4.78 is 6.27. The number of carbonyl (C=O) groups excluding carboxylic acids is 1. The maximum absolute atomic E-state index is 11.8. The quantitative estimate of drug-likeness (QED) is 0.843. The molecule has 1 aliphatic heterocycles. The summed E-state index contributed by atoms with van der Waals surface area (Å²) in [4.78, 5) is 15.8. The number of nitrogens with one attached hydrogen (secondary N) is 1. The number of amides is 1. The first-order chi connectivity index (χ1) is 9.15. The molecule has 6 heteroatoms. The van der Waals surface area contributed by atoms with Gasteiger partial charge in [-0.05, 0) is 47.7 Å². The van der Waals surface area contributed by atoms with Crippen molar-refractivity contribution in [3.63, 3.8) is 0 Å². The Morgan fingerprint density at radius 2 is 2.42 bits per heavy atom. The lowest BCUT2D eigenvalue weighted by molar-refractivity contribution is -0.117. The lowest BCUT2D eigenvalue weighted by atomic mass is 10.0. The van der Waals surface area contributed by atoms with Crippen molar-refractivity contribution in [2.45, 2.75) is 38.2 Å². The average Bonchev–Trinajstić information content (AvgIpc) is 2.42. The standard InChI is InChI=1S/C13H16BrClN2O2/c14-11-7-9(8-16-13(11)15)17-12(18)5-4-10-3-1-2-6-19-10/h7-8,10H,1-6H2,(H,17,18). The topological polar surface area (TPSA) is 51.2 Å². The van der Waals surface area contributed by atoms with Gasteiger partial charge in [-0.15, -0.1) is 0 Å². The van der Waals surface area contributed by atoms with Gasteiger partial charge in [0.25, 0.3) is 0 Å². The van der Waals surface area contributed by atoms with E-state index < -0.39 is 0 Å². The SMILES string of the molecule is O=C(CCC1CCCCO1)Nc1cnc(Cl)c(Br)c1. The molecule has 0 aromatic carbocycles. The number of rotatable bonds is 4. The number of pyridine rings is 1. The van der Waals surface area contributed by atoms with E-state index >= 15 is 0 Å². The molecule has 0 saturated carbocycles. The van der Waals surface area contributed by atoms with Gasteiger partial charge in [-0.1, -0.05) is 11.6 Å². The van der Waals surface area contributed by atoms with E-state index in [4.69, 9.17) is 16.3 Å². The molecular formula is C13H16BrClN2O2. The van der Waals surface area contributed by atoms with E-state index in [1.54, 1.807) is 12.3 Å². The molecule has 19 heavy (non-hydrogen) atoms. The van der Waals surface area contributed by atoms with Gasteiger partial charge in [0.15, 0.2) is 0 Å². The van der Waals surface area contributed by atoms with Crippen molar-refractivity contribution in [3.05, 3.63) is 21.9 Å². The number of anilines is 1. The number of hydrogen-bond donors (Lipinski definition) is 1. The number of aromatic nitrogens is 1. The first-order valence-electron chi connectivity index (χ1n) is 6.37. The van der Waals surface area contributed by atoms with E-state index in [0.717, 1.165) is 25.9 Å². The molecule has 4 nitrogen and oxygen atoms in total. The van der Waals surface area contributed by atoms with Crippen LogP contribution < -0.4 is 5.32 Å². The van der Waals surface area contributed by atoms with Gasteiger partial charge in [0.1, 0.15) is 5.15 Å². The molecule has 1 saturated heterocycles. The number of carbonyl (C=O) groups is 1. The van der Waals surface area contributed by atoms with Gasteiger partial charge in [-0.2, -0.15) is 0 Å². The van der Waals surface area contributed by atoms with Gasteiger partial charge in [0.2, 0.25) is 5.91 Å². The van der Waals surface area contributed by atoms with Crippen molar-refractivity contribution < 1.29 is 9.53 Å². The fourth-order valence-electron chi connectivity index (χ4n) is 2.04. The van der Waals surface area contributed by atoms with Gasteiger partial charge in [-0.3, -0.25) is 4.79 Å². The number of nitrogens with zero attached hydrogens (tertiary/aromatic N) is 1. The van der Waals surface area contributed by atoms with E-state index in [2.05, 4.69) is 26.2 Å². The van der Waals surface area contributed by atoms with E-state index in [-0.39, 0.29) is 12.0 Å². The van der Waals surface area contributed by atoms with Crippen LogP contribution in [0.3, 0.4) is 0 Å². The molecule has 2 heterocycles. The second-order valence-electron chi connectivity index (χ2n) is 4.57. The van der Waals surface area contributed by atoms with Gasteiger partial charge >= 0.3 is 0 Å². The minimum atomic E-state index is -0.0230. The molecule has 1 aromatic heterocycles. The third kappa shape index (κ3) is 4.75. The van der Waals surface area contributed by atoms with Crippen molar-refractivity contribution in [2.75, 3.05) is 11.9 Å². The third-order valence-corrected chi connectivity index (χ3v) is 4.18. The smallest absolute Gasteiger partial charge is 0.224 e. The van der Waals surface area contributed by atoms with Crippen molar-refractivity contribution >= 4 is 39.1 Å². The number of hydrogen-bond acceptors (Lipinski definition) is 3. The fraction of sp³-hybridized carbons (Fsp3) is 0.538. The Hall–Kier alpha value is -0.650. The summed E-state index contributed by atoms with van der Waals surface area (Å²) in [6, 6.07) is 1.74. The summed E-state index contributed by atoms with van der Waals surface area (Å²) in [6.45, 7) is 0.820. The van der Waals surface area contributed by atoms with Crippen LogP contribution in [0.4, 0.5) is 5.69 Å². The Balaban J connectivity index is 1.78. The summed E-state index contributed by atoms with van der Waals surface area (Å²) >= 11 is 9.06. The maximum Gasteiger partial charge on any atom is 0.224 e. The van der Waals surface area contributed by atoms with Crippen LogP contribution in [0.25, 0.3) is 0 Å². The fourth-order valence-corrected chi connectivity index (χ4v) is 2.49. The second-order valence-corrected chi connectivity index (χ2v) is 5.78. The molecule has 1 fully saturated rings. The van der Waals surface area contributed by atoms with Gasteiger partial charge < -0.3 is 10.1 Å². The van der Waals surface area contributed by atoms with Crippen LogP contribution in [-0.4, -0.2) is 23.6 Å². The lowest BCUT2D eigenvalue weighted by Gasteiger charge is -2.22. The summed E-state index contributed by atoms with van der Waals surface area (Å²) in [6.07, 6.45) is 6.39. The summed E-state index contributed by atoms with van der Waals surface area (Å²) in [5.41, 5.74) is 0.644. The van der Waals surface area contributed by atoms with Crippen LogP contribution >= 0.6 is 27.5 Å². The van der Waals surface area contributed by atoms with Crippen LogP contribution in [0, 0.1) is 0 Å². The van der Waals surface area contributed by atoms with Crippen LogP contribution in [0.5, 0.6) is 0 Å². The number of ether oxygens (including phenoxy) is 1. The Kier molecular flexibility index (Phi) is 5.60. The zero-order valence-electron chi connectivity index (χ0n) is 10.5. The molecular weight excluding hydrogens is 332 g/mol. The Bertz CT molecular complexity index is 450. The molecule has 1 atom stereocenters. The van der Waals surface area contributed by atoms with Gasteiger partial charge in [0.05, 0.1) is 22.5 Å². The molecule has 1 N–H and O–H groups in total. The molecule has 0 bridgehead atoms.